The van der Waals surface area contributed by atoms with Gasteiger partial charge in [-0.2, -0.15) is 0 Å². The van der Waals surface area contributed by atoms with E-state index in [9.17, 15) is 0 Å². The minimum absolute atomic E-state index is 0. The van der Waals surface area contributed by atoms with E-state index in [0.29, 0.717) is 0 Å². The molecule has 0 spiro atoms. The fourth-order valence-electron chi connectivity index (χ4n) is 8.50. The van der Waals surface area contributed by atoms with E-state index >= 15 is 0 Å². The maximum absolute atomic E-state index is 5.96. The molecule has 9 rings (SSSR count). The number of hydrogen-bond donors (Lipinski definition) is 1. The second-order valence-corrected chi connectivity index (χ2v) is 21.5. The molecule has 7 heteroatoms. The number of nitrogens with zero attached hydrogens (tertiary/aromatic N) is 1. The van der Waals surface area contributed by atoms with Crippen molar-refractivity contribution in [2.75, 3.05) is 20.6 Å². The molecule has 66 heavy (non-hydrogen) atoms. The first-order valence-electron chi connectivity index (χ1n) is 22.0. The second-order valence-electron chi connectivity index (χ2n) is 17.1. The fraction of sp³-hybridized carbons (Fsp3) is 0.153. The zero-order chi connectivity index (χ0) is 43.9. The average molecular weight is 1030 g/mol. The standard InChI is InChI=1S/C48H40P2.C11H18N2.2ClH.Ru/c1-33-13-23-39(24-14-33)49(40-25-15-34(2)16-26-40)45-31-21-37-9-5-7-11-43(37)47(45)48-44-12-8-6-10-38(44)22-32-46(48)50(41-27-17-35(3)18-28-41)42-29-19-36(4)20-30-42;1-13(2)9-11(12)8-10-6-4-3-5-7-10;;;/h5-32H,1-4H3;3-7,11H,8-9,12H2,1-2H3;2*1H;/q;;;;+2/p-2/t;11-;;;/m.0.../s1. The third-order valence-electron chi connectivity index (χ3n) is 11.7. The zero-order valence-electron chi connectivity index (χ0n) is 38.6. The van der Waals surface area contributed by atoms with E-state index < -0.39 is 15.8 Å². The smallest absolute Gasteiger partial charge is 1.00 e. The maximum Gasteiger partial charge on any atom is 2.00 e. The molecule has 1 atom stereocenters. The molecule has 0 aromatic heterocycles. The first-order valence-corrected chi connectivity index (χ1v) is 24.7. The molecule has 0 unspecified atom stereocenters. The minimum Gasteiger partial charge on any atom is -1.00 e. The fourth-order valence-corrected chi connectivity index (χ4v) is 13.4. The average Bonchev–Trinajstić information content (AvgIpc) is 3.29. The normalized spacial score (nSPS) is 11.4. The zero-order valence-corrected chi connectivity index (χ0v) is 43.6. The van der Waals surface area contributed by atoms with E-state index in [0.717, 1.165) is 13.0 Å². The van der Waals surface area contributed by atoms with Gasteiger partial charge in [0.2, 0.25) is 0 Å². The topological polar surface area (TPSA) is 29.3 Å². The summed E-state index contributed by atoms with van der Waals surface area (Å²) in [6.45, 7) is 9.66. The summed E-state index contributed by atoms with van der Waals surface area (Å²) in [5.41, 5.74) is 15.1. The van der Waals surface area contributed by atoms with Crippen molar-refractivity contribution < 1.29 is 44.3 Å². The summed E-state index contributed by atoms with van der Waals surface area (Å²) in [6, 6.07) is 75.2. The third kappa shape index (κ3) is 12.5. The molecule has 0 amide bonds. The van der Waals surface area contributed by atoms with Crippen molar-refractivity contribution in [2.45, 2.75) is 40.2 Å². The van der Waals surface area contributed by atoms with Crippen molar-refractivity contribution in [3.63, 3.8) is 0 Å². The van der Waals surface area contributed by atoms with E-state index in [1.807, 2.05) is 20.2 Å². The number of benzene rings is 9. The van der Waals surface area contributed by atoms with Gasteiger partial charge in [-0.25, -0.2) is 0 Å². The van der Waals surface area contributed by atoms with Crippen LogP contribution in [0.5, 0.6) is 0 Å². The summed E-state index contributed by atoms with van der Waals surface area (Å²) >= 11 is 0. The quantitative estimate of drug-likeness (QED) is 0.137. The van der Waals surface area contributed by atoms with Gasteiger partial charge in [-0.3, -0.25) is 0 Å². The maximum atomic E-state index is 5.96. The molecule has 0 aliphatic carbocycles. The van der Waals surface area contributed by atoms with E-state index in [1.165, 1.54) is 92.3 Å². The van der Waals surface area contributed by atoms with E-state index in [4.69, 9.17) is 5.73 Å². The number of fused-ring (bicyclic) bond motifs is 2. The summed E-state index contributed by atoms with van der Waals surface area (Å²) in [4.78, 5) is 2.12. The van der Waals surface area contributed by atoms with Gasteiger partial charge in [0.15, 0.2) is 0 Å². The van der Waals surface area contributed by atoms with Crippen LogP contribution >= 0.6 is 15.8 Å². The Kier molecular flexibility index (Phi) is 19.5. The van der Waals surface area contributed by atoms with Gasteiger partial charge >= 0.3 is 19.5 Å². The van der Waals surface area contributed by atoms with Crippen LogP contribution in [0.15, 0.2) is 200 Å². The van der Waals surface area contributed by atoms with Gasteiger partial charge in [-0.1, -0.05) is 222 Å². The molecule has 0 saturated carbocycles. The first kappa shape index (κ1) is 52.5. The molecule has 2 N–H and O–H groups in total. The van der Waals surface area contributed by atoms with Crippen molar-refractivity contribution in [1.82, 2.24) is 4.90 Å². The number of halogens is 2. The molecule has 9 aromatic rings. The number of likely N-dealkylation sites (N-methyl/N-ethyl adjacent to an activating group) is 1. The van der Waals surface area contributed by atoms with Crippen molar-refractivity contribution in [3.8, 4) is 11.1 Å². The summed E-state index contributed by atoms with van der Waals surface area (Å²) in [5.74, 6) is 0. The largest absolute Gasteiger partial charge is 2.00 e. The van der Waals surface area contributed by atoms with Crippen LogP contribution in [0.25, 0.3) is 32.7 Å². The molecule has 0 radical (unpaired) electrons. The monoisotopic (exact) mass is 1030 g/mol. The second kappa shape index (κ2) is 24.5. The van der Waals surface area contributed by atoms with Crippen LogP contribution in [0.1, 0.15) is 27.8 Å². The van der Waals surface area contributed by atoms with Crippen molar-refractivity contribution in [3.05, 3.63) is 228 Å². The molecule has 0 aliphatic heterocycles. The Hall–Kier alpha value is -4.52. The Morgan fingerprint density at radius 3 is 1.06 bits per heavy atom. The molecule has 0 bridgehead atoms. The van der Waals surface area contributed by atoms with Gasteiger partial charge in [0.1, 0.15) is 0 Å². The number of aryl methyl sites for hydroxylation is 4. The van der Waals surface area contributed by atoms with Crippen LogP contribution in [0.4, 0.5) is 0 Å². The number of rotatable bonds is 11. The van der Waals surface area contributed by atoms with Gasteiger partial charge < -0.3 is 35.4 Å². The Balaban J connectivity index is 0.000000444. The molecule has 0 aliphatic rings. The predicted molar refractivity (Wildman–Crippen MR) is 280 cm³/mol. The van der Waals surface area contributed by atoms with E-state index in [2.05, 4.69) is 227 Å². The predicted octanol–water partition coefficient (Wildman–Crippen LogP) is 5.53. The van der Waals surface area contributed by atoms with Gasteiger partial charge in [0.05, 0.1) is 0 Å². The van der Waals surface area contributed by atoms with Crippen molar-refractivity contribution in [2.24, 2.45) is 5.73 Å². The molecule has 336 valence electrons. The molecular formula is C59H58Cl2N2P2Ru. The summed E-state index contributed by atoms with van der Waals surface area (Å²) in [7, 11) is 2.32. The summed E-state index contributed by atoms with van der Waals surface area (Å²) < 4.78 is 0. The van der Waals surface area contributed by atoms with Gasteiger partial charge in [-0.15, -0.1) is 0 Å². The number of nitrogens with two attached hydrogens (primary N) is 1. The van der Waals surface area contributed by atoms with Crippen LogP contribution in [0, 0.1) is 27.7 Å². The van der Waals surface area contributed by atoms with Crippen LogP contribution in [-0.4, -0.2) is 31.6 Å². The van der Waals surface area contributed by atoms with E-state index in [-0.39, 0.29) is 50.3 Å². The molecule has 0 fully saturated rings. The van der Waals surface area contributed by atoms with Gasteiger partial charge in [-0.05, 0) is 134 Å². The Labute approximate surface area is 421 Å². The van der Waals surface area contributed by atoms with Crippen LogP contribution in [-0.2, 0) is 25.9 Å². The first-order chi connectivity index (χ1) is 30.6. The minimum atomic E-state index is -0.885. The summed E-state index contributed by atoms with van der Waals surface area (Å²) in [6.07, 6.45) is 0.957. The van der Waals surface area contributed by atoms with Gasteiger partial charge in [0, 0.05) is 12.6 Å². The van der Waals surface area contributed by atoms with Crippen molar-refractivity contribution >= 4 is 69.2 Å². The number of hydrogen-bond acceptors (Lipinski definition) is 2. The Morgan fingerprint density at radius 1 is 0.409 bits per heavy atom. The van der Waals surface area contributed by atoms with Crippen LogP contribution in [0.2, 0.25) is 0 Å². The molecule has 2 nitrogen and oxygen atoms in total. The SMILES string of the molecule is CN(C)C[C@@H](N)Cc1ccccc1.Cc1ccc(P(c2ccc(C)cc2)c2ccc3ccccc3c2-c2c(P(c3ccc(C)cc3)c3ccc(C)cc3)ccc3ccccc23)cc1.[Cl-].[Cl-].[Ru+2]. The molecule has 0 saturated heterocycles. The van der Waals surface area contributed by atoms with Gasteiger partial charge in [0.25, 0.3) is 0 Å². The Morgan fingerprint density at radius 2 is 0.727 bits per heavy atom. The third-order valence-corrected chi connectivity index (χ3v) is 16.6. The molecule has 9 aromatic carbocycles. The van der Waals surface area contributed by atoms with Crippen LogP contribution < -0.4 is 62.4 Å². The van der Waals surface area contributed by atoms with Crippen molar-refractivity contribution in [1.29, 1.82) is 0 Å². The van der Waals surface area contributed by atoms with E-state index in [1.54, 1.807) is 0 Å². The van der Waals surface area contributed by atoms with Crippen LogP contribution in [0.3, 0.4) is 0 Å². The molecule has 0 heterocycles. The Bertz CT molecular complexity index is 2660. The summed E-state index contributed by atoms with van der Waals surface area (Å²) in [5, 5.41) is 13.4. The molecular weight excluding hydrogens is 971 g/mol.